The molecule has 3 nitrogen and oxygen atoms in total. The van der Waals surface area contributed by atoms with E-state index in [0.29, 0.717) is 10.9 Å². The fraction of sp³-hybridized carbons (Fsp3) is 0.308. The van der Waals surface area contributed by atoms with Crippen LogP contribution in [-0.2, 0) is 6.61 Å². The zero-order chi connectivity index (χ0) is 11.9. The van der Waals surface area contributed by atoms with Crippen LogP contribution in [0.25, 0.3) is 10.9 Å². The van der Waals surface area contributed by atoms with E-state index >= 15 is 0 Å². The maximum atomic E-state index is 12.1. The number of benzene rings is 1. The van der Waals surface area contributed by atoms with E-state index in [1.54, 1.807) is 0 Å². The van der Waals surface area contributed by atoms with Crippen molar-refractivity contribution < 1.29 is 5.11 Å². The Bertz CT molecular complexity index is 611. The highest BCUT2D eigenvalue weighted by Gasteiger charge is 2.10. The van der Waals surface area contributed by atoms with Crippen LogP contribution in [-0.4, -0.2) is 10.1 Å². The van der Waals surface area contributed by atoms with Gasteiger partial charge in [0.2, 0.25) is 0 Å². The molecule has 1 heterocycles. The quantitative estimate of drug-likeness (QED) is 0.767. The number of nitrogens with one attached hydrogen (secondary N) is 1. The van der Waals surface area contributed by atoms with E-state index in [2.05, 4.69) is 4.98 Å². The number of aliphatic hydroxyl groups excluding tert-OH is 1. The Hall–Kier alpha value is -1.61. The first-order chi connectivity index (χ1) is 7.56. The Morgan fingerprint density at radius 1 is 1.25 bits per heavy atom. The number of fused-ring (bicyclic) bond motifs is 1. The van der Waals surface area contributed by atoms with E-state index in [4.69, 9.17) is 5.11 Å². The summed E-state index contributed by atoms with van der Waals surface area (Å²) in [6.07, 6.45) is 0. The van der Waals surface area contributed by atoms with Crippen molar-refractivity contribution in [3.05, 3.63) is 44.7 Å². The van der Waals surface area contributed by atoms with Gasteiger partial charge in [0.05, 0.1) is 12.1 Å². The third kappa shape index (κ3) is 1.44. The second-order valence-corrected chi connectivity index (χ2v) is 4.15. The third-order valence-electron chi connectivity index (χ3n) is 3.18. The second kappa shape index (κ2) is 3.76. The first-order valence-electron chi connectivity index (χ1n) is 5.28. The van der Waals surface area contributed by atoms with Crippen LogP contribution in [0.4, 0.5) is 0 Å². The van der Waals surface area contributed by atoms with Gasteiger partial charge in [-0.2, -0.15) is 0 Å². The minimum absolute atomic E-state index is 0.0724. The molecule has 0 fully saturated rings. The molecule has 0 atom stereocenters. The summed E-state index contributed by atoms with van der Waals surface area (Å²) in [7, 11) is 0. The molecule has 0 amide bonds. The van der Waals surface area contributed by atoms with Crippen LogP contribution in [0.5, 0.6) is 0 Å². The molecule has 16 heavy (non-hydrogen) atoms. The zero-order valence-electron chi connectivity index (χ0n) is 9.72. The average molecular weight is 217 g/mol. The minimum Gasteiger partial charge on any atom is -0.391 e. The van der Waals surface area contributed by atoms with Gasteiger partial charge in [0, 0.05) is 16.6 Å². The molecule has 2 N–H and O–H groups in total. The molecule has 0 aliphatic rings. The molecule has 2 rings (SSSR count). The van der Waals surface area contributed by atoms with E-state index in [0.717, 1.165) is 22.3 Å². The summed E-state index contributed by atoms with van der Waals surface area (Å²) < 4.78 is 0. The average Bonchev–Trinajstić information content (AvgIpc) is 2.25. The van der Waals surface area contributed by atoms with Crippen molar-refractivity contribution >= 4 is 10.9 Å². The lowest BCUT2D eigenvalue weighted by molar-refractivity contribution is 0.279. The zero-order valence-corrected chi connectivity index (χ0v) is 9.72. The highest BCUT2D eigenvalue weighted by Crippen LogP contribution is 2.18. The summed E-state index contributed by atoms with van der Waals surface area (Å²) in [4.78, 5) is 15.3. The molecule has 0 aliphatic heterocycles. The van der Waals surface area contributed by atoms with Gasteiger partial charge in [-0.3, -0.25) is 4.79 Å². The van der Waals surface area contributed by atoms with Gasteiger partial charge in [-0.05, 0) is 38.0 Å². The van der Waals surface area contributed by atoms with E-state index in [1.807, 2.05) is 32.9 Å². The van der Waals surface area contributed by atoms with E-state index in [9.17, 15) is 4.79 Å². The number of hydrogen-bond acceptors (Lipinski definition) is 2. The van der Waals surface area contributed by atoms with Crippen LogP contribution in [0.3, 0.4) is 0 Å². The number of aliphatic hydroxyl groups is 1. The van der Waals surface area contributed by atoms with Gasteiger partial charge in [-0.1, -0.05) is 6.07 Å². The minimum atomic E-state index is -0.218. The summed E-state index contributed by atoms with van der Waals surface area (Å²) in [5.74, 6) is 0. The third-order valence-corrected chi connectivity index (χ3v) is 3.18. The van der Waals surface area contributed by atoms with Gasteiger partial charge in [-0.15, -0.1) is 0 Å². The van der Waals surface area contributed by atoms with Crippen LogP contribution in [0, 0.1) is 20.8 Å². The van der Waals surface area contributed by atoms with Crippen molar-refractivity contribution in [2.45, 2.75) is 27.4 Å². The van der Waals surface area contributed by atoms with Crippen LogP contribution < -0.4 is 5.43 Å². The highest BCUT2D eigenvalue weighted by atomic mass is 16.3. The van der Waals surface area contributed by atoms with Crippen molar-refractivity contribution in [3.8, 4) is 0 Å². The smallest absolute Gasteiger partial charge is 0.195 e. The summed E-state index contributed by atoms with van der Waals surface area (Å²) in [5, 5.41) is 9.81. The molecule has 0 radical (unpaired) electrons. The Morgan fingerprint density at radius 3 is 2.56 bits per heavy atom. The molecule has 0 saturated carbocycles. The molecular weight excluding hydrogens is 202 g/mol. The number of aromatic amines is 1. The van der Waals surface area contributed by atoms with Gasteiger partial charge in [0.1, 0.15) is 0 Å². The van der Waals surface area contributed by atoms with Crippen LogP contribution >= 0.6 is 0 Å². The lowest BCUT2D eigenvalue weighted by Gasteiger charge is -2.09. The van der Waals surface area contributed by atoms with Crippen LogP contribution in [0.15, 0.2) is 16.9 Å². The van der Waals surface area contributed by atoms with Crippen molar-refractivity contribution in [2.24, 2.45) is 0 Å². The maximum absolute atomic E-state index is 12.1. The summed E-state index contributed by atoms with van der Waals surface area (Å²) in [6.45, 7) is 5.60. The first-order valence-corrected chi connectivity index (χ1v) is 5.28. The molecular formula is C13H15NO2. The van der Waals surface area contributed by atoms with Crippen molar-refractivity contribution in [1.29, 1.82) is 0 Å². The predicted molar refractivity (Wildman–Crippen MR) is 64.7 cm³/mol. The van der Waals surface area contributed by atoms with Crippen molar-refractivity contribution in [3.63, 3.8) is 0 Å². The summed E-state index contributed by atoms with van der Waals surface area (Å²) >= 11 is 0. The molecule has 0 aliphatic carbocycles. The molecule has 1 aromatic heterocycles. The standard InChI is InChI=1S/C13H15NO2/c1-7-4-5-10-12(8(7)2)14-9(3)11(6-15)13(10)16/h4-5,15H,6H2,1-3H3,(H,14,16). The normalized spacial score (nSPS) is 11.0. The Kier molecular flexibility index (Phi) is 2.56. The molecule has 0 spiro atoms. The largest absolute Gasteiger partial charge is 0.391 e. The fourth-order valence-corrected chi connectivity index (χ4v) is 1.95. The summed E-state index contributed by atoms with van der Waals surface area (Å²) in [6, 6.07) is 3.75. The molecule has 3 heteroatoms. The van der Waals surface area contributed by atoms with E-state index in [-0.39, 0.29) is 12.0 Å². The Morgan fingerprint density at radius 2 is 1.94 bits per heavy atom. The maximum Gasteiger partial charge on any atom is 0.195 e. The second-order valence-electron chi connectivity index (χ2n) is 4.15. The number of aryl methyl sites for hydroxylation is 3. The number of hydrogen-bond donors (Lipinski definition) is 2. The SMILES string of the molecule is Cc1ccc2c(=O)c(CO)c(C)[nH]c2c1C. The number of rotatable bonds is 1. The van der Waals surface area contributed by atoms with Gasteiger partial charge >= 0.3 is 0 Å². The lowest BCUT2D eigenvalue weighted by atomic mass is 10.0. The molecule has 84 valence electrons. The number of pyridine rings is 1. The first kappa shape index (κ1) is 10.9. The number of H-pyrrole nitrogens is 1. The predicted octanol–water partition coefficient (Wildman–Crippen LogP) is 1.95. The van der Waals surface area contributed by atoms with Gasteiger partial charge < -0.3 is 10.1 Å². The molecule has 1 aromatic carbocycles. The molecule has 0 unspecified atom stereocenters. The van der Waals surface area contributed by atoms with Crippen LogP contribution in [0.1, 0.15) is 22.4 Å². The van der Waals surface area contributed by atoms with Crippen LogP contribution in [0.2, 0.25) is 0 Å². The molecule has 2 aromatic rings. The topological polar surface area (TPSA) is 53.1 Å². The Balaban J connectivity index is 2.99. The van der Waals surface area contributed by atoms with Gasteiger partial charge in [-0.25, -0.2) is 0 Å². The van der Waals surface area contributed by atoms with E-state index in [1.165, 1.54) is 0 Å². The monoisotopic (exact) mass is 217 g/mol. The summed E-state index contributed by atoms with van der Waals surface area (Å²) in [5.41, 5.74) is 4.24. The fourth-order valence-electron chi connectivity index (χ4n) is 1.95. The van der Waals surface area contributed by atoms with Crippen molar-refractivity contribution in [1.82, 2.24) is 4.98 Å². The molecule has 0 saturated heterocycles. The van der Waals surface area contributed by atoms with Gasteiger partial charge in [0.25, 0.3) is 0 Å². The highest BCUT2D eigenvalue weighted by molar-refractivity contribution is 5.83. The molecule has 0 bridgehead atoms. The van der Waals surface area contributed by atoms with Crippen molar-refractivity contribution in [2.75, 3.05) is 0 Å². The number of aromatic nitrogens is 1. The van der Waals surface area contributed by atoms with E-state index < -0.39 is 0 Å². The Labute approximate surface area is 93.7 Å². The van der Waals surface area contributed by atoms with Gasteiger partial charge in [0.15, 0.2) is 5.43 Å². The lowest BCUT2D eigenvalue weighted by Crippen LogP contribution is -2.13.